The van der Waals surface area contributed by atoms with Gasteiger partial charge in [-0.1, -0.05) is 12.7 Å². The largest absolute Gasteiger partial charge is 0.717 e. The molecule has 352 valence electrons. The van der Waals surface area contributed by atoms with Crippen LogP contribution in [0.5, 0.6) is 17.2 Å². The van der Waals surface area contributed by atoms with E-state index in [0.717, 1.165) is 10.8 Å². The maximum absolute atomic E-state index is 7.54. The molecule has 0 saturated heterocycles. The number of hydrogen-bond acceptors (Lipinski definition) is 12. The molecule has 0 fully saturated rings. The van der Waals surface area contributed by atoms with E-state index in [4.69, 9.17) is 50.3 Å². The van der Waals surface area contributed by atoms with Crippen molar-refractivity contribution in [3.05, 3.63) is 18.2 Å². The van der Waals surface area contributed by atoms with Gasteiger partial charge in [-0.15, -0.1) is 0 Å². The van der Waals surface area contributed by atoms with Gasteiger partial charge in [0, 0.05) is 10.2 Å². The number of hydrogen-bond donors (Lipinski definition) is 0. The van der Waals surface area contributed by atoms with Crippen LogP contribution in [0.4, 0.5) is 0 Å². The Labute approximate surface area is 383 Å². The van der Waals surface area contributed by atoms with Crippen LogP contribution >= 0.6 is 0 Å². The summed E-state index contributed by atoms with van der Waals surface area (Å²) in [5.74, 6) is 0.921. The second-order valence-corrected chi connectivity index (χ2v) is 74.2. The Morgan fingerprint density at radius 2 is 0.550 bits per heavy atom. The molecule has 0 amide bonds. The van der Waals surface area contributed by atoms with Crippen LogP contribution in [0.1, 0.15) is 5.56 Å². The normalized spacial score (nSPS) is 15.1. The van der Waals surface area contributed by atoms with Gasteiger partial charge in [-0.3, -0.25) is 0 Å². The zero-order valence-electron chi connectivity index (χ0n) is 43.3. The molecule has 0 bridgehead atoms. The van der Waals surface area contributed by atoms with Crippen LogP contribution in [0.15, 0.2) is 12.6 Å². The fraction of sp³-hybridized carbons (Fsp3) is 0.771. The van der Waals surface area contributed by atoms with Crippen LogP contribution in [0.3, 0.4) is 0 Å². The molecule has 0 unspecified atom stereocenters. The van der Waals surface area contributed by atoms with Crippen molar-refractivity contribution in [1.82, 2.24) is 0 Å². The summed E-state index contributed by atoms with van der Waals surface area (Å²) in [4.78, 5) is 0. The molecule has 0 saturated carbocycles. The minimum atomic E-state index is -4.13. The molecule has 0 atom stereocenters. The lowest BCUT2D eigenvalue weighted by atomic mass is 10.2. The summed E-state index contributed by atoms with van der Waals surface area (Å²) in [5.41, 5.74) is 0.795. The van der Waals surface area contributed by atoms with Crippen LogP contribution in [-0.2, 0) is 37.0 Å². The van der Waals surface area contributed by atoms with E-state index in [-0.39, 0.29) is 5.75 Å². The Kier molecular flexibility index (Phi) is 19.6. The first-order valence-electron chi connectivity index (χ1n) is 21.2. The predicted octanol–water partition coefficient (Wildman–Crippen LogP) is 10.4. The van der Waals surface area contributed by atoms with Gasteiger partial charge in [0.05, 0.1) is 0 Å². The van der Waals surface area contributed by atoms with Crippen molar-refractivity contribution in [2.45, 2.75) is 177 Å². The van der Waals surface area contributed by atoms with Gasteiger partial charge in [-0.05, 0) is 194 Å². The molecule has 0 aromatic heterocycles. The topological polar surface area (TPSA) is 111 Å². The fourth-order valence-electron chi connectivity index (χ4n) is 5.37. The zero-order valence-corrected chi connectivity index (χ0v) is 57.3. The molecular weight excluding hydrogens is 977 g/mol. The van der Waals surface area contributed by atoms with E-state index in [9.17, 15) is 0 Å². The van der Waals surface area contributed by atoms with Crippen molar-refractivity contribution < 1.29 is 50.3 Å². The van der Waals surface area contributed by atoms with Gasteiger partial charge >= 0.3 is 27.1 Å². The van der Waals surface area contributed by atoms with E-state index >= 15 is 0 Å². The highest BCUT2D eigenvalue weighted by molar-refractivity contribution is 6.90. The molecule has 0 aliphatic rings. The van der Waals surface area contributed by atoms with Crippen molar-refractivity contribution in [2.24, 2.45) is 0 Å². The molecule has 25 heteroatoms. The summed E-state index contributed by atoms with van der Waals surface area (Å²) < 4.78 is 86.7. The highest BCUT2D eigenvalue weighted by Gasteiger charge is 2.61. The lowest BCUT2D eigenvalue weighted by Crippen LogP contribution is -2.66. The monoisotopic (exact) mass is 1060 g/mol. The first-order valence-corrected chi connectivity index (χ1v) is 57.7. The van der Waals surface area contributed by atoms with Crippen molar-refractivity contribution in [2.75, 3.05) is 0 Å². The summed E-state index contributed by atoms with van der Waals surface area (Å²) >= 11 is 0. The molecule has 0 aliphatic carbocycles. The van der Waals surface area contributed by atoms with Crippen molar-refractivity contribution >= 4 is 124 Å². The lowest BCUT2D eigenvalue weighted by Gasteiger charge is -2.44. The maximum atomic E-state index is 7.54. The lowest BCUT2D eigenvalue weighted by molar-refractivity contribution is 0.127. The van der Waals surface area contributed by atoms with Gasteiger partial charge < -0.3 is 50.3 Å². The predicted molar refractivity (Wildman–Crippen MR) is 285 cm³/mol. The Morgan fingerprint density at radius 1 is 0.350 bits per heavy atom. The third kappa shape index (κ3) is 23.3. The zero-order chi connectivity index (χ0) is 47.8. The Balaban J connectivity index is 4.98. The Morgan fingerprint density at radius 3 is 0.750 bits per heavy atom. The third-order valence-corrected chi connectivity index (χ3v) is 39.7. The minimum Gasteiger partial charge on any atom is -0.478 e. The van der Waals surface area contributed by atoms with Gasteiger partial charge in [-0.25, -0.2) is 0 Å². The molecule has 0 radical (unpaired) electrons. The highest BCUT2D eigenvalue weighted by atomic mass is 28.5. The Hall–Kier alpha value is 0.819. The molecule has 0 heterocycles. The van der Waals surface area contributed by atoms with Crippen molar-refractivity contribution in [3.63, 3.8) is 0 Å². The van der Waals surface area contributed by atoms with E-state index < -0.39 is 102 Å². The van der Waals surface area contributed by atoms with E-state index in [2.05, 4.69) is 183 Å². The van der Waals surface area contributed by atoms with Crippen LogP contribution in [-0.4, -0.2) is 112 Å². The second-order valence-electron chi connectivity index (χ2n) is 24.2. The average Bonchev–Trinajstić information content (AvgIpc) is 2.82. The molecule has 0 aliphatic heterocycles. The quantitative estimate of drug-likeness (QED) is 0.0870. The average molecular weight is 1070 g/mol. The summed E-state index contributed by atoms with van der Waals surface area (Å²) in [6.45, 7) is 61.7. The smallest absolute Gasteiger partial charge is 0.478 e. The second kappa shape index (κ2) is 20.0. The van der Waals surface area contributed by atoms with Crippen molar-refractivity contribution in [3.8, 4) is 17.2 Å². The number of benzene rings is 1. The molecule has 1 aromatic rings. The van der Waals surface area contributed by atoms with Crippen LogP contribution in [0, 0.1) is 0 Å². The molecule has 0 spiro atoms. The van der Waals surface area contributed by atoms with Crippen LogP contribution in [0.25, 0.3) is 6.08 Å². The summed E-state index contributed by atoms with van der Waals surface area (Å²) in [6, 6.07) is 1.94. The summed E-state index contributed by atoms with van der Waals surface area (Å²) in [7, 11) is -33.6. The third-order valence-electron chi connectivity index (χ3n) is 6.28. The van der Waals surface area contributed by atoms with E-state index in [1.165, 1.54) is 0 Å². The maximum Gasteiger partial charge on any atom is 0.717 e. The molecule has 1 rings (SSSR count). The van der Waals surface area contributed by atoms with Gasteiger partial charge in [-0.2, -0.15) is 0 Å². The fourth-order valence-corrected chi connectivity index (χ4v) is 41.0. The van der Waals surface area contributed by atoms with Crippen LogP contribution < -0.4 is 18.5 Å². The van der Waals surface area contributed by atoms with Crippen LogP contribution in [0.2, 0.25) is 177 Å². The van der Waals surface area contributed by atoms with E-state index in [1.54, 1.807) is 0 Å². The number of rotatable bonds is 25. The minimum absolute atomic E-state index is 0.246. The summed E-state index contributed by atoms with van der Waals surface area (Å²) in [5, 5.41) is 0.856. The molecule has 60 heavy (non-hydrogen) atoms. The highest BCUT2D eigenvalue weighted by Crippen LogP contribution is 2.45. The standard InChI is InChI=1S/C35H88O12Si13/c1-29-31-30-32(36-58(39-49(2,3)4,40-50(5,6)7)41-51(8,9)10)33(37-59(42-52(11,12)13,43-53(14,15)16)44-54(17,18)19)34(35(31)48)38-60(45-55(20,21)22,46-56(23,24)25)47-57(26,27)28/h29-30H,1H2,2-28,48H3. The molecule has 12 nitrogen and oxygen atoms in total. The van der Waals surface area contributed by atoms with Gasteiger partial charge in [0.25, 0.3) is 0 Å². The van der Waals surface area contributed by atoms with E-state index in [0.29, 0.717) is 21.7 Å². The summed E-state index contributed by atoms with van der Waals surface area (Å²) in [6.07, 6.45) is 1.81. The first-order chi connectivity index (χ1) is 26.0. The molecule has 1 aromatic carbocycles. The first kappa shape index (κ1) is 58.8. The van der Waals surface area contributed by atoms with Gasteiger partial charge in [0.15, 0.2) is 92.1 Å². The van der Waals surface area contributed by atoms with Crippen molar-refractivity contribution in [1.29, 1.82) is 0 Å². The van der Waals surface area contributed by atoms with Gasteiger partial charge in [0.1, 0.15) is 0 Å². The Bertz CT molecular complexity index is 1470. The molecular formula is C35H88O12Si13. The van der Waals surface area contributed by atoms with E-state index in [1.807, 2.05) is 12.1 Å². The SMILES string of the molecule is C=Cc1cc(O[Si](O[Si](C)(C)C)(O[Si](C)(C)C)O[Si](C)(C)C)c(O[Si](O[Si](C)(C)C)(O[Si](C)(C)C)O[Si](C)(C)C)c(O[Si](O[Si](C)(C)C)(O[Si](C)(C)C)O[Si](C)(C)C)c1[SiH3]. The molecule has 0 N–H and O–H groups in total. The van der Waals surface area contributed by atoms with Gasteiger partial charge in [0.2, 0.25) is 0 Å².